The summed E-state index contributed by atoms with van der Waals surface area (Å²) < 4.78 is 0. The molecule has 1 aromatic rings. The molecule has 0 spiro atoms. The van der Waals surface area contributed by atoms with E-state index < -0.39 is 17.9 Å². The van der Waals surface area contributed by atoms with Gasteiger partial charge in [-0.2, -0.15) is 0 Å². The van der Waals surface area contributed by atoms with Crippen LogP contribution in [-0.4, -0.2) is 41.1 Å². The van der Waals surface area contributed by atoms with Crippen molar-refractivity contribution in [2.75, 3.05) is 18.0 Å². The number of hydrogen-bond acceptors (Lipinski definition) is 4. The van der Waals surface area contributed by atoms with Crippen molar-refractivity contribution in [3.63, 3.8) is 0 Å². The quantitative estimate of drug-likeness (QED) is 0.881. The van der Waals surface area contributed by atoms with E-state index in [1.54, 1.807) is 6.07 Å². The fourth-order valence-corrected chi connectivity index (χ4v) is 2.35. The van der Waals surface area contributed by atoms with E-state index in [4.69, 9.17) is 5.11 Å². The summed E-state index contributed by atoms with van der Waals surface area (Å²) in [6.45, 7) is 3.42. The summed E-state index contributed by atoms with van der Waals surface area (Å²) in [7, 11) is 0. The minimum atomic E-state index is -1.06. The molecule has 1 aliphatic heterocycles. The van der Waals surface area contributed by atoms with Crippen molar-refractivity contribution in [2.24, 2.45) is 0 Å². The number of amides is 1. The highest BCUT2D eigenvalue weighted by Gasteiger charge is 2.16. The molecule has 6 heteroatoms. The molecule has 21 heavy (non-hydrogen) atoms. The Morgan fingerprint density at radius 2 is 1.90 bits per heavy atom. The Morgan fingerprint density at radius 3 is 2.43 bits per heavy atom. The third-order valence-corrected chi connectivity index (χ3v) is 3.66. The maximum absolute atomic E-state index is 11.9. The first kappa shape index (κ1) is 15.3. The highest BCUT2D eigenvalue weighted by molar-refractivity contribution is 5.96. The van der Waals surface area contributed by atoms with E-state index >= 15 is 0 Å². The number of rotatable bonds is 4. The molecule has 0 unspecified atom stereocenters. The van der Waals surface area contributed by atoms with Crippen LogP contribution in [0.4, 0.5) is 5.82 Å². The number of pyridine rings is 1. The van der Waals surface area contributed by atoms with Crippen LogP contribution in [0.25, 0.3) is 0 Å². The molecule has 0 bridgehead atoms. The molecule has 0 aliphatic carbocycles. The van der Waals surface area contributed by atoms with Gasteiger partial charge in [0.1, 0.15) is 11.9 Å². The van der Waals surface area contributed by atoms with Crippen molar-refractivity contribution >= 4 is 17.7 Å². The predicted octanol–water partition coefficient (Wildman–Crippen LogP) is 1.66. The van der Waals surface area contributed by atoms with Gasteiger partial charge < -0.3 is 15.3 Å². The summed E-state index contributed by atoms with van der Waals surface area (Å²) in [5.41, 5.74) is 0.377. The molecule has 0 saturated carbocycles. The van der Waals surface area contributed by atoms with E-state index in [0.717, 1.165) is 18.9 Å². The van der Waals surface area contributed by atoms with Gasteiger partial charge in [-0.1, -0.05) is 12.8 Å². The first-order chi connectivity index (χ1) is 10.1. The Balaban J connectivity index is 2.00. The fourth-order valence-electron chi connectivity index (χ4n) is 2.35. The molecule has 1 atom stereocenters. The zero-order valence-corrected chi connectivity index (χ0v) is 12.2. The Morgan fingerprint density at radius 1 is 1.24 bits per heavy atom. The average Bonchev–Trinajstić information content (AvgIpc) is 2.76. The second kappa shape index (κ2) is 7.06. The van der Waals surface area contributed by atoms with Crippen LogP contribution in [0.15, 0.2) is 18.3 Å². The molecule has 1 aromatic heterocycles. The summed E-state index contributed by atoms with van der Waals surface area (Å²) in [4.78, 5) is 29.2. The number of carbonyl (C=O) groups is 2. The molecule has 2 N–H and O–H groups in total. The lowest BCUT2D eigenvalue weighted by Crippen LogP contribution is -2.38. The number of anilines is 1. The summed E-state index contributed by atoms with van der Waals surface area (Å²) in [6, 6.07) is 2.60. The maximum atomic E-state index is 11.9. The Labute approximate surface area is 124 Å². The second-order valence-corrected chi connectivity index (χ2v) is 5.34. The Kier molecular flexibility index (Phi) is 5.14. The average molecular weight is 291 g/mol. The van der Waals surface area contributed by atoms with Gasteiger partial charge in [0, 0.05) is 19.3 Å². The van der Waals surface area contributed by atoms with Crippen molar-refractivity contribution in [2.45, 2.75) is 38.6 Å². The predicted molar refractivity (Wildman–Crippen MR) is 79.5 cm³/mol. The van der Waals surface area contributed by atoms with Crippen LogP contribution in [0.5, 0.6) is 0 Å². The number of nitrogens with one attached hydrogen (secondary N) is 1. The number of carboxylic acids is 1. The van der Waals surface area contributed by atoms with E-state index in [9.17, 15) is 9.59 Å². The van der Waals surface area contributed by atoms with Gasteiger partial charge in [-0.15, -0.1) is 0 Å². The number of carboxylic acid groups (broad SMARTS) is 1. The van der Waals surface area contributed by atoms with E-state index in [0.29, 0.717) is 5.56 Å². The maximum Gasteiger partial charge on any atom is 0.325 e. The molecule has 0 aromatic carbocycles. The van der Waals surface area contributed by atoms with Crippen molar-refractivity contribution < 1.29 is 14.7 Å². The highest BCUT2D eigenvalue weighted by atomic mass is 16.4. The number of carbonyl (C=O) groups excluding carboxylic acids is 1. The SMILES string of the molecule is C[C@H](NC(=O)c1ccc(N2CCCCCC2)nc1)C(=O)O. The molecule has 1 fully saturated rings. The zero-order valence-electron chi connectivity index (χ0n) is 12.2. The Bertz CT molecular complexity index is 493. The summed E-state index contributed by atoms with van der Waals surface area (Å²) >= 11 is 0. The lowest BCUT2D eigenvalue weighted by molar-refractivity contribution is -0.138. The van der Waals surface area contributed by atoms with Crippen LogP contribution in [0.1, 0.15) is 43.0 Å². The van der Waals surface area contributed by atoms with Gasteiger partial charge in [0.2, 0.25) is 0 Å². The van der Waals surface area contributed by atoms with Crippen LogP contribution < -0.4 is 10.2 Å². The minimum absolute atomic E-state index is 0.377. The van der Waals surface area contributed by atoms with E-state index in [1.165, 1.54) is 38.8 Å². The third-order valence-electron chi connectivity index (χ3n) is 3.66. The first-order valence-electron chi connectivity index (χ1n) is 7.32. The molecule has 6 nitrogen and oxygen atoms in total. The fraction of sp³-hybridized carbons (Fsp3) is 0.533. The van der Waals surface area contributed by atoms with E-state index in [2.05, 4.69) is 15.2 Å². The van der Waals surface area contributed by atoms with Gasteiger partial charge in [-0.3, -0.25) is 9.59 Å². The van der Waals surface area contributed by atoms with Crippen molar-refractivity contribution in [1.82, 2.24) is 10.3 Å². The number of nitrogens with zero attached hydrogens (tertiary/aromatic N) is 2. The zero-order chi connectivity index (χ0) is 15.2. The van der Waals surface area contributed by atoms with E-state index in [-0.39, 0.29) is 0 Å². The highest BCUT2D eigenvalue weighted by Crippen LogP contribution is 2.17. The molecule has 1 saturated heterocycles. The van der Waals surface area contributed by atoms with Crippen molar-refractivity contribution in [3.05, 3.63) is 23.9 Å². The summed E-state index contributed by atoms with van der Waals surface area (Å²) in [5, 5.41) is 11.2. The Hall–Kier alpha value is -2.11. The lowest BCUT2D eigenvalue weighted by Gasteiger charge is -2.21. The molecule has 0 radical (unpaired) electrons. The number of aromatic nitrogens is 1. The van der Waals surface area contributed by atoms with Crippen molar-refractivity contribution in [3.8, 4) is 0 Å². The van der Waals surface area contributed by atoms with Gasteiger partial charge in [0.25, 0.3) is 5.91 Å². The monoisotopic (exact) mass is 291 g/mol. The number of aliphatic carboxylic acids is 1. The van der Waals surface area contributed by atoms with Crippen LogP contribution in [0.3, 0.4) is 0 Å². The largest absolute Gasteiger partial charge is 0.480 e. The van der Waals surface area contributed by atoms with Crippen LogP contribution in [0.2, 0.25) is 0 Å². The molecule has 2 heterocycles. The smallest absolute Gasteiger partial charge is 0.325 e. The topological polar surface area (TPSA) is 82.5 Å². The molecule has 114 valence electrons. The van der Waals surface area contributed by atoms with Gasteiger partial charge in [0.15, 0.2) is 0 Å². The number of hydrogen-bond donors (Lipinski definition) is 2. The molecular formula is C15H21N3O3. The molecule has 1 aliphatic rings. The van der Waals surface area contributed by atoms with Gasteiger partial charge >= 0.3 is 5.97 Å². The van der Waals surface area contributed by atoms with E-state index in [1.807, 2.05) is 6.07 Å². The lowest BCUT2D eigenvalue weighted by atomic mass is 10.2. The third kappa shape index (κ3) is 4.18. The van der Waals surface area contributed by atoms with Gasteiger partial charge in [-0.05, 0) is 31.9 Å². The molecule has 1 amide bonds. The second-order valence-electron chi connectivity index (χ2n) is 5.34. The van der Waals surface area contributed by atoms with Crippen LogP contribution >= 0.6 is 0 Å². The van der Waals surface area contributed by atoms with Crippen LogP contribution in [-0.2, 0) is 4.79 Å². The molecular weight excluding hydrogens is 270 g/mol. The standard InChI is InChI=1S/C15H21N3O3/c1-11(15(20)21)17-14(19)12-6-7-13(16-10-12)18-8-4-2-3-5-9-18/h6-7,10-11H,2-5,8-9H2,1H3,(H,17,19)(H,20,21)/t11-/m0/s1. The van der Waals surface area contributed by atoms with Crippen LogP contribution in [0, 0.1) is 0 Å². The summed E-state index contributed by atoms with van der Waals surface area (Å²) in [6.07, 6.45) is 6.35. The van der Waals surface area contributed by atoms with Gasteiger partial charge in [0.05, 0.1) is 5.56 Å². The molecule has 2 rings (SSSR count). The summed E-state index contributed by atoms with van der Waals surface area (Å²) in [5.74, 6) is -0.600. The first-order valence-corrected chi connectivity index (χ1v) is 7.32. The van der Waals surface area contributed by atoms with Crippen molar-refractivity contribution in [1.29, 1.82) is 0 Å². The van der Waals surface area contributed by atoms with Gasteiger partial charge in [-0.25, -0.2) is 4.98 Å². The minimum Gasteiger partial charge on any atom is -0.480 e. The normalized spacial score (nSPS) is 16.9.